The van der Waals surface area contributed by atoms with Crippen molar-refractivity contribution in [1.29, 1.82) is 0 Å². The van der Waals surface area contributed by atoms with Gasteiger partial charge in [0.25, 0.3) is 0 Å². The number of hydrogen-bond donors (Lipinski definition) is 1. The minimum Gasteiger partial charge on any atom is -0.497 e. The molecular weight excluding hydrogens is 241 g/mol. The third kappa shape index (κ3) is 3.47. The Morgan fingerprint density at radius 1 is 1.16 bits per heavy atom. The Labute approximate surface area is 113 Å². The molecule has 0 saturated heterocycles. The molecule has 1 atom stereocenters. The SMILES string of the molecule is CCC(Nc1cccc(OC)c1)c1ccc(F)cc1. The van der Waals surface area contributed by atoms with Gasteiger partial charge in [-0.05, 0) is 36.2 Å². The lowest BCUT2D eigenvalue weighted by Crippen LogP contribution is -2.09. The van der Waals surface area contributed by atoms with Gasteiger partial charge in [-0.25, -0.2) is 4.39 Å². The highest BCUT2D eigenvalue weighted by Gasteiger charge is 2.09. The molecule has 0 aliphatic carbocycles. The second-order valence-corrected chi connectivity index (χ2v) is 4.39. The Balaban J connectivity index is 2.16. The van der Waals surface area contributed by atoms with Crippen LogP contribution >= 0.6 is 0 Å². The van der Waals surface area contributed by atoms with Gasteiger partial charge in [-0.2, -0.15) is 0 Å². The highest BCUT2D eigenvalue weighted by Crippen LogP contribution is 2.25. The lowest BCUT2D eigenvalue weighted by Gasteiger charge is -2.19. The Morgan fingerprint density at radius 3 is 2.53 bits per heavy atom. The van der Waals surface area contributed by atoms with E-state index in [2.05, 4.69) is 12.2 Å². The average molecular weight is 259 g/mol. The average Bonchev–Trinajstić information content (AvgIpc) is 2.46. The summed E-state index contributed by atoms with van der Waals surface area (Å²) in [6.45, 7) is 2.10. The van der Waals surface area contributed by atoms with Gasteiger partial charge in [0.05, 0.1) is 13.2 Å². The van der Waals surface area contributed by atoms with Crippen molar-refractivity contribution in [3.63, 3.8) is 0 Å². The second-order valence-electron chi connectivity index (χ2n) is 4.39. The molecule has 100 valence electrons. The van der Waals surface area contributed by atoms with Crippen LogP contribution in [0.3, 0.4) is 0 Å². The molecular formula is C16H18FNO. The number of halogens is 1. The van der Waals surface area contributed by atoms with E-state index >= 15 is 0 Å². The maximum atomic E-state index is 12.9. The first-order valence-electron chi connectivity index (χ1n) is 6.39. The Bertz CT molecular complexity index is 525. The van der Waals surface area contributed by atoms with E-state index < -0.39 is 0 Å². The highest BCUT2D eigenvalue weighted by atomic mass is 19.1. The van der Waals surface area contributed by atoms with Crippen LogP contribution in [0, 0.1) is 5.82 Å². The van der Waals surface area contributed by atoms with Crippen molar-refractivity contribution >= 4 is 5.69 Å². The van der Waals surface area contributed by atoms with Crippen LogP contribution in [-0.2, 0) is 0 Å². The topological polar surface area (TPSA) is 21.3 Å². The molecule has 2 aromatic rings. The minimum atomic E-state index is -0.208. The van der Waals surface area contributed by atoms with Crippen molar-refractivity contribution in [2.24, 2.45) is 0 Å². The number of rotatable bonds is 5. The van der Waals surface area contributed by atoms with E-state index in [4.69, 9.17) is 4.74 Å². The zero-order chi connectivity index (χ0) is 13.7. The lowest BCUT2D eigenvalue weighted by molar-refractivity contribution is 0.415. The Kier molecular flexibility index (Phi) is 4.39. The molecule has 0 saturated carbocycles. The van der Waals surface area contributed by atoms with Crippen LogP contribution in [0.1, 0.15) is 24.9 Å². The molecule has 0 heterocycles. The molecule has 19 heavy (non-hydrogen) atoms. The van der Waals surface area contributed by atoms with E-state index in [0.717, 1.165) is 23.4 Å². The first-order chi connectivity index (χ1) is 9.22. The van der Waals surface area contributed by atoms with E-state index in [1.165, 1.54) is 12.1 Å². The third-order valence-corrected chi connectivity index (χ3v) is 3.09. The summed E-state index contributed by atoms with van der Waals surface area (Å²) in [5, 5.41) is 3.44. The number of anilines is 1. The molecule has 1 unspecified atom stereocenters. The summed E-state index contributed by atoms with van der Waals surface area (Å²) < 4.78 is 18.1. The molecule has 0 fully saturated rings. The Hall–Kier alpha value is -2.03. The molecule has 0 radical (unpaired) electrons. The van der Waals surface area contributed by atoms with Crippen molar-refractivity contribution in [3.05, 3.63) is 59.9 Å². The summed E-state index contributed by atoms with van der Waals surface area (Å²) in [4.78, 5) is 0. The number of benzene rings is 2. The van der Waals surface area contributed by atoms with Crippen LogP contribution < -0.4 is 10.1 Å². The number of methoxy groups -OCH3 is 1. The summed E-state index contributed by atoms with van der Waals surface area (Å²) in [7, 11) is 1.65. The zero-order valence-corrected chi connectivity index (χ0v) is 11.2. The van der Waals surface area contributed by atoms with E-state index in [1.54, 1.807) is 7.11 Å². The van der Waals surface area contributed by atoms with E-state index in [0.29, 0.717) is 0 Å². The second kappa shape index (κ2) is 6.23. The monoisotopic (exact) mass is 259 g/mol. The quantitative estimate of drug-likeness (QED) is 0.859. The van der Waals surface area contributed by atoms with Crippen LogP contribution in [0.15, 0.2) is 48.5 Å². The van der Waals surface area contributed by atoms with Gasteiger partial charge >= 0.3 is 0 Å². The van der Waals surface area contributed by atoms with Crippen LogP contribution in [0.25, 0.3) is 0 Å². The molecule has 0 amide bonds. The van der Waals surface area contributed by atoms with Gasteiger partial charge in [0.1, 0.15) is 11.6 Å². The summed E-state index contributed by atoms with van der Waals surface area (Å²) in [6.07, 6.45) is 0.919. The standard InChI is InChI=1S/C16H18FNO/c1-3-16(12-7-9-13(17)10-8-12)18-14-5-4-6-15(11-14)19-2/h4-11,16,18H,3H2,1-2H3. The molecule has 3 heteroatoms. The van der Waals surface area contributed by atoms with Gasteiger partial charge in [-0.15, -0.1) is 0 Å². The molecule has 0 aliphatic rings. The summed E-state index contributed by atoms with van der Waals surface area (Å²) in [5.74, 6) is 0.610. The maximum absolute atomic E-state index is 12.9. The number of ether oxygens (including phenoxy) is 1. The van der Waals surface area contributed by atoms with Crippen molar-refractivity contribution in [2.75, 3.05) is 12.4 Å². The van der Waals surface area contributed by atoms with E-state index in [9.17, 15) is 4.39 Å². The molecule has 1 N–H and O–H groups in total. The molecule has 0 aromatic heterocycles. The first-order valence-corrected chi connectivity index (χ1v) is 6.39. The van der Waals surface area contributed by atoms with Crippen LogP contribution in [0.5, 0.6) is 5.75 Å². The normalized spacial score (nSPS) is 11.9. The van der Waals surface area contributed by atoms with E-state index in [-0.39, 0.29) is 11.9 Å². The molecule has 0 spiro atoms. The van der Waals surface area contributed by atoms with Gasteiger partial charge < -0.3 is 10.1 Å². The van der Waals surface area contributed by atoms with Gasteiger partial charge in [-0.1, -0.05) is 25.1 Å². The summed E-state index contributed by atoms with van der Waals surface area (Å²) >= 11 is 0. The van der Waals surface area contributed by atoms with Crippen LogP contribution in [0.2, 0.25) is 0 Å². The number of hydrogen-bond acceptors (Lipinski definition) is 2. The fraction of sp³-hybridized carbons (Fsp3) is 0.250. The number of nitrogens with one attached hydrogen (secondary N) is 1. The van der Waals surface area contributed by atoms with Crippen LogP contribution in [0.4, 0.5) is 10.1 Å². The fourth-order valence-corrected chi connectivity index (χ4v) is 2.03. The third-order valence-electron chi connectivity index (χ3n) is 3.09. The van der Waals surface area contributed by atoms with Crippen LogP contribution in [-0.4, -0.2) is 7.11 Å². The summed E-state index contributed by atoms with van der Waals surface area (Å²) in [5.41, 5.74) is 2.07. The van der Waals surface area contributed by atoms with Gasteiger partial charge in [-0.3, -0.25) is 0 Å². The molecule has 0 aliphatic heterocycles. The van der Waals surface area contributed by atoms with Crippen molar-refractivity contribution in [1.82, 2.24) is 0 Å². The smallest absolute Gasteiger partial charge is 0.123 e. The van der Waals surface area contributed by atoms with Gasteiger partial charge in [0.2, 0.25) is 0 Å². The van der Waals surface area contributed by atoms with Crippen molar-refractivity contribution in [2.45, 2.75) is 19.4 Å². The van der Waals surface area contributed by atoms with Gasteiger partial charge in [0, 0.05) is 11.8 Å². The van der Waals surface area contributed by atoms with Crippen molar-refractivity contribution < 1.29 is 9.13 Å². The lowest BCUT2D eigenvalue weighted by atomic mass is 10.0. The molecule has 2 nitrogen and oxygen atoms in total. The van der Waals surface area contributed by atoms with Gasteiger partial charge in [0.15, 0.2) is 0 Å². The predicted octanol–water partition coefficient (Wildman–Crippen LogP) is 4.40. The predicted molar refractivity (Wildman–Crippen MR) is 76.0 cm³/mol. The minimum absolute atomic E-state index is 0.160. The molecule has 0 bridgehead atoms. The zero-order valence-electron chi connectivity index (χ0n) is 11.2. The largest absolute Gasteiger partial charge is 0.497 e. The molecule has 2 rings (SSSR count). The highest BCUT2D eigenvalue weighted by molar-refractivity contribution is 5.49. The fourth-order valence-electron chi connectivity index (χ4n) is 2.03. The maximum Gasteiger partial charge on any atom is 0.123 e. The van der Waals surface area contributed by atoms with Crippen molar-refractivity contribution in [3.8, 4) is 5.75 Å². The van der Waals surface area contributed by atoms with E-state index in [1.807, 2.05) is 36.4 Å². The first kappa shape index (κ1) is 13.4. The molecule has 2 aromatic carbocycles. The Morgan fingerprint density at radius 2 is 1.89 bits per heavy atom. The summed E-state index contributed by atoms with van der Waals surface area (Å²) in [6, 6.07) is 14.6.